The van der Waals surface area contributed by atoms with Gasteiger partial charge in [-0.1, -0.05) is 0 Å². The second-order valence-corrected chi connectivity index (χ2v) is 3.47. The third kappa shape index (κ3) is 1.92. The molecule has 0 bridgehead atoms. The number of morpholine rings is 1. The zero-order chi connectivity index (χ0) is 9.97. The predicted molar refractivity (Wildman–Crippen MR) is 50.5 cm³/mol. The summed E-state index contributed by atoms with van der Waals surface area (Å²) in [6, 6.07) is 0. The number of aromatic amines is 1. The number of rotatable bonds is 2. The average Bonchev–Trinajstić information content (AvgIpc) is 2.66. The Hall–Kier alpha value is -0.980. The molecule has 6 heteroatoms. The average molecular weight is 197 g/mol. The first-order valence-electron chi connectivity index (χ1n) is 4.71. The molecule has 0 radical (unpaired) electrons. The molecule has 0 aliphatic carbocycles. The Morgan fingerprint density at radius 1 is 1.71 bits per heavy atom. The van der Waals surface area contributed by atoms with E-state index in [9.17, 15) is 0 Å². The summed E-state index contributed by atoms with van der Waals surface area (Å²) in [5, 5.41) is 6.86. The van der Waals surface area contributed by atoms with E-state index < -0.39 is 0 Å². The van der Waals surface area contributed by atoms with Crippen LogP contribution < -0.4 is 5.73 Å². The Balaban J connectivity index is 2.06. The molecule has 1 unspecified atom stereocenters. The lowest BCUT2D eigenvalue weighted by molar-refractivity contribution is -0.0253. The maximum Gasteiger partial charge on any atom is 0.180 e. The highest BCUT2D eigenvalue weighted by atomic mass is 16.5. The molecule has 1 aromatic heterocycles. The van der Waals surface area contributed by atoms with Gasteiger partial charge in [0.15, 0.2) is 5.82 Å². The highest BCUT2D eigenvalue weighted by Crippen LogP contribution is 2.17. The standard InChI is InChI=1S/C8H15N5O/c1-13-2-3-14-6(5-13)8-10-7(4-9)11-12-8/h6H,2-5,9H2,1H3,(H,10,11,12). The van der Waals surface area contributed by atoms with Gasteiger partial charge in [0, 0.05) is 13.1 Å². The Morgan fingerprint density at radius 3 is 3.21 bits per heavy atom. The molecule has 0 amide bonds. The van der Waals surface area contributed by atoms with Crippen LogP contribution in [0.3, 0.4) is 0 Å². The van der Waals surface area contributed by atoms with E-state index in [0.717, 1.165) is 19.7 Å². The lowest BCUT2D eigenvalue weighted by atomic mass is 10.3. The van der Waals surface area contributed by atoms with Gasteiger partial charge >= 0.3 is 0 Å². The van der Waals surface area contributed by atoms with E-state index in [1.54, 1.807) is 0 Å². The number of nitrogens with two attached hydrogens (primary N) is 1. The molecule has 2 heterocycles. The zero-order valence-corrected chi connectivity index (χ0v) is 8.23. The number of ether oxygens (including phenoxy) is 1. The van der Waals surface area contributed by atoms with Crippen LogP contribution in [0.15, 0.2) is 0 Å². The minimum atomic E-state index is -0.0229. The Labute approximate surface area is 82.4 Å². The molecule has 78 valence electrons. The fourth-order valence-electron chi connectivity index (χ4n) is 1.48. The van der Waals surface area contributed by atoms with E-state index in [2.05, 4.69) is 27.1 Å². The Morgan fingerprint density at radius 2 is 2.57 bits per heavy atom. The van der Waals surface area contributed by atoms with Crippen molar-refractivity contribution in [2.24, 2.45) is 5.73 Å². The summed E-state index contributed by atoms with van der Waals surface area (Å²) in [5.41, 5.74) is 5.44. The van der Waals surface area contributed by atoms with Crippen LogP contribution in [-0.2, 0) is 11.3 Å². The van der Waals surface area contributed by atoms with E-state index in [-0.39, 0.29) is 6.10 Å². The third-order valence-electron chi connectivity index (χ3n) is 2.30. The minimum Gasteiger partial charge on any atom is -0.367 e. The fourth-order valence-corrected chi connectivity index (χ4v) is 1.48. The van der Waals surface area contributed by atoms with Gasteiger partial charge in [-0.05, 0) is 7.05 Å². The van der Waals surface area contributed by atoms with Gasteiger partial charge in [-0.3, -0.25) is 5.10 Å². The van der Waals surface area contributed by atoms with Crippen molar-refractivity contribution >= 4 is 0 Å². The van der Waals surface area contributed by atoms with Crippen LogP contribution in [0.25, 0.3) is 0 Å². The zero-order valence-electron chi connectivity index (χ0n) is 8.23. The van der Waals surface area contributed by atoms with Gasteiger partial charge in [-0.25, -0.2) is 4.98 Å². The quantitative estimate of drug-likeness (QED) is 0.653. The van der Waals surface area contributed by atoms with Gasteiger partial charge in [0.1, 0.15) is 11.9 Å². The molecule has 0 aromatic carbocycles. The molecular weight excluding hydrogens is 182 g/mol. The molecule has 1 aliphatic heterocycles. The van der Waals surface area contributed by atoms with Gasteiger partial charge in [-0.2, -0.15) is 5.10 Å². The second kappa shape index (κ2) is 4.04. The molecule has 3 N–H and O–H groups in total. The number of nitrogens with one attached hydrogen (secondary N) is 1. The van der Waals surface area contributed by atoms with Gasteiger partial charge in [0.2, 0.25) is 0 Å². The first kappa shape index (κ1) is 9.57. The van der Waals surface area contributed by atoms with Gasteiger partial charge in [0.25, 0.3) is 0 Å². The highest BCUT2D eigenvalue weighted by Gasteiger charge is 2.22. The SMILES string of the molecule is CN1CCOC(c2n[nH]c(CN)n2)C1. The largest absolute Gasteiger partial charge is 0.367 e. The summed E-state index contributed by atoms with van der Waals surface area (Å²) in [5.74, 6) is 1.41. The lowest BCUT2D eigenvalue weighted by Gasteiger charge is -2.28. The number of aromatic nitrogens is 3. The second-order valence-electron chi connectivity index (χ2n) is 3.47. The molecule has 1 saturated heterocycles. The van der Waals surface area contributed by atoms with Crippen LogP contribution >= 0.6 is 0 Å². The van der Waals surface area contributed by atoms with Crippen LogP contribution in [0.4, 0.5) is 0 Å². The van der Waals surface area contributed by atoms with E-state index in [1.807, 2.05) is 0 Å². The molecule has 1 atom stereocenters. The molecule has 14 heavy (non-hydrogen) atoms. The maximum absolute atomic E-state index is 5.56. The Kier molecular flexibility index (Phi) is 2.76. The molecule has 0 spiro atoms. The van der Waals surface area contributed by atoms with Crippen LogP contribution in [0.1, 0.15) is 17.8 Å². The third-order valence-corrected chi connectivity index (χ3v) is 2.30. The van der Waals surface area contributed by atoms with Crippen LogP contribution in [-0.4, -0.2) is 46.8 Å². The molecular formula is C8H15N5O. The number of H-pyrrole nitrogens is 1. The van der Waals surface area contributed by atoms with Crippen LogP contribution in [0.5, 0.6) is 0 Å². The molecule has 1 aliphatic rings. The summed E-state index contributed by atoms with van der Waals surface area (Å²) < 4.78 is 5.56. The van der Waals surface area contributed by atoms with Crippen LogP contribution in [0.2, 0.25) is 0 Å². The van der Waals surface area contributed by atoms with Crippen molar-refractivity contribution in [2.45, 2.75) is 12.6 Å². The summed E-state index contributed by atoms with van der Waals surface area (Å²) >= 11 is 0. The van der Waals surface area contributed by atoms with E-state index in [0.29, 0.717) is 18.2 Å². The number of hydrogen-bond donors (Lipinski definition) is 2. The highest BCUT2D eigenvalue weighted by molar-refractivity contribution is 4.96. The van der Waals surface area contributed by atoms with E-state index >= 15 is 0 Å². The van der Waals surface area contributed by atoms with Gasteiger partial charge in [-0.15, -0.1) is 0 Å². The van der Waals surface area contributed by atoms with Gasteiger partial charge in [0.05, 0.1) is 13.2 Å². The van der Waals surface area contributed by atoms with Crippen LogP contribution in [0, 0.1) is 0 Å². The van der Waals surface area contributed by atoms with Crippen molar-refractivity contribution in [3.05, 3.63) is 11.6 Å². The summed E-state index contributed by atoms with van der Waals surface area (Å²) in [4.78, 5) is 6.44. The molecule has 2 rings (SSSR count). The molecule has 6 nitrogen and oxygen atoms in total. The first-order chi connectivity index (χ1) is 6.79. The maximum atomic E-state index is 5.56. The molecule has 0 saturated carbocycles. The number of nitrogens with zero attached hydrogens (tertiary/aromatic N) is 3. The van der Waals surface area contributed by atoms with Crippen molar-refractivity contribution in [3.63, 3.8) is 0 Å². The Bertz CT molecular complexity index is 300. The van der Waals surface area contributed by atoms with Crippen molar-refractivity contribution in [1.29, 1.82) is 0 Å². The predicted octanol–water partition coefficient (Wildman–Crippen LogP) is -0.733. The lowest BCUT2D eigenvalue weighted by Crippen LogP contribution is -2.35. The first-order valence-corrected chi connectivity index (χ1v) is 4.71. The normalized spacial score (nSPS) is 24.0. The topological polar surface area (TPSA) is 80.1 Å². The van der Waals surface area contributed by atoms with Crippen molar-refractivity contribution in [1.82, 2.24) is 20.1 Å². The fraction of sp³-hybridized carbons (Fsp3) is 0.750. The molecule has 1 fully saturated rings. The van der Waals surface area contributed by atoms with Gasteiger partial charge < -0.3 is 15.4 Å². The summed E-state index contributed by atoms with van der Waals surface area (Å²) in [7, 11) is 2.06. The number of likely N-dealkylation sites (N-methyl/N-ethyl adjacent to an activating group) is 1. The minimum absolute atomic E-state index is 0.0229. The van der Waals surface area contributed by atoms with E-state index in [4.69, 9.17) is 10.5 Å². The summed E-state index contributed by atoms with van der Waals surface area (Å²) in [6.07, 6.45) is -0.0229. The summed E-state index contributed by atoms with van der Waals surface area (Å²) in [6.45, 7) is 2.91. The van der Waals surface area contributed by atoms with Crippen molar-refractivity contribution < 1.29 is 4.74 Å². The monoisotopic (exact) mass is 197 g/mol. The van der Waals surface area contributed by atoms with Crippen molar-refractivity contribution in [2.75, 3.05) is 26.7 Å². The number of hydrogen-bond acceptors (Lipinski definition) is 5. The van der Waals surface area contributed by atoms with Crippen molar-refractivity contribution in [3.8, 4) is 0 Å². The van der Waals surface area contributed by atoms with E-state index in [1.165, 1.54) is 0 Å². The smallest absolute Gasteiger partial charge is 0.180 e. The molecule has 1 aromatic rings.